The number of hydrogen-bond acceptors (Lipinski definition) is 4. The summed E-state index contributed by atoms with van der Waals surface area (Å²) in [5.74, 6) is 0.199. The number of ketones is 1. The molecule has 2 heterocycles. The Morgan fingerprint density at radius 3 is 2.74 bits per heavy atom. The highest BCUT2D eigenvalue weighted by atomic mass is 16.2. The first-order valence-electron chi connectivity index (χ1n) is 7.78. The van der Waals surface area contributed by atoms with E-state index in [-0.39, 0.29) is 17.0 Å². The molecule has 0 aliphatic carbocycles. The average molecular weight is 318 g/mol. The molecule has 0 aromatic carbocycles. The fraction of sp³-hybridized carbons (Fsp3) is 0.500. The predicted molar refractivity (Wildman–Crippen MR) is 88.6 cm³/mol. The molecule has 0 spiro atoms. The number of rotatable bonds is 8. The molecule has 2 aromatic rings. The Morgan fingerprint density at radius 2 is 2.09 bits per heavy atom. The predicted octanol–water partition coefficient (Wildman–Crippen LogP) is 1.23. The Kier molecular flexibility index (Phi) is 5.31. The quantitative estimate of drug-likeness (QED) is 0.542. The maximum Gasteiger partial charge on any atom is 0.332 e. The monoisotopic (exact) mass is 318 g/mol. The summed E-state index contributed by atoms with van der Waals surface area (Å²) in [6, 6.07) is 0. The van der Waals surface area contributed by atoms with Crippen LogP contribution in [0.2, 0.25) is 0 Å². The molecule has 0 unspecified atom stereocenters. The van der Waals surface area contributed by atoms with Crippen molar-refractivity contribution < 1.29 is 4.79 Å². The summed E-state index contributed by atoms with van der Waals surface area (Å²) in [5.41, 5.74) is 0.0494. The normalized spacial score (nSPS) is 11.0. The largest absolute Gasteiger partial charge is 0.332 e. The maximum atomic E-state index is 12.6. The molecule has 0 amide bonds. The molecule has 0 bridgehead atoms. The molecule has 124 valence electrons. The maximum absolute atomic E-state index is 12.6. The van der Waals surface area contributed by atoms with Crippen LogP contribution in [0.15, 0.2) is 28.6 Å². The molecule has 7 nitrogen and oxygen atoms in total. The standard InChI is InChI=1S/C16H22N4O3/c1-4-9-19-11-17-14-13(19)15(22)20(16(23)18(14)3)10-7-6-8-12(21)5-2/h4,11H,1,5-10H2,2-3H3. The zero-order chi connectivity index (χ0) is 17.0. The van der Waals surface area contributed by atoms with Crippen molar-refractivity contribution in [3.05, 3.63) is 39.8 Å². The van der Waals surface area contributed by atoms with E-state index in [9.17, 15) is 14.4 Å². The molecule has 7 heteroatoms. The number of allylic oxidation sites excluding steroid dienone is 1. The number of Topliss-reactive ketones (excluding diaryl/α,β-unsaturated/α-hetero) is 1. The minimum atomic E-state index is -0.381. The molecule has 2 rings (SSSR count). The number of carbonyl (C=O) groups excluding carboxylic acids is 1. The molecule has 0 N–H and O–H groups in total. The first-order valence-corrected chi connectivity index (χ1v) is 7.78. The van der Waals surface area contributed by atoms with Gasteiger partial charge < -0.3 is 4.57 Å². The second-order valence-electron chi connectivity index (χ2n) is 5.51. The zero-order valence-electron chi connectivity index (χ0n) is 13.6. The Bertz CT molecular complexity index is 841. The minimum absolute atomic E-state index is 0.199. The Labute approximate surface area is 133 Å². The molecular formula is C16H22N4O3. The van der Waals surface area contributed by atoms with Gasteiger partial charge in [-0.2, -0.15) is 0 Å². The van der Waals surface area contributed by atoms with E-state index in [2.05, 4.69) is 11.6 Å². The highest BCUT2D eigenvalue weighted by molar-refractivity contribution is 5.77. The third kappa shape index (κ3) is 3.33. The first-order chi connectivity index (χ1) is 11.0. The van der Waals surface area contributed by atoms with Gasteiger partial charge in [-0.1, -0.05) is 13.0 Å². The molecule has 0 saturated heterocycles. The third-order valence-corrected chi connectivity index (χ3v) is 3.91. The molecule has 2 aromatic heterocycles. The third-order valence-electron chi connectivity index (χ3n) is 3.91. The van der Waals surface area contributed by atoms with Gasteiger partial charge in [-0.05, 0) is 12.8 Å². The van der Waals surface area contributed by atoms with E-state index in [0.29, 0.717) is 49.9 Å². The number of carbonyl (C=O) groups is 1. The van der Waals surface area contributed by atoms with Crippen molar-refractivity contribution in [2.75, 3.05) is 0 Å². The van der Waals surface area contributed by atoms with Gasteiger partial charge in [0.05, 0.1) is 6.33 Å². The fourth-order valence-corrected chi connectivity index (χ4v) is 2.57. The zero-order valence-corrected chi connectivity index (χ0v) is 13.6. The van der Waals surface area contributed by atoms with Crippen molar-refractivity contribution >= 4 is 16.9 Å². The lowest BCUT2D eigenvalue weighted by atomic mass is 10.1. The van der Waals surface area contributed by atoms with Crippen LogP contribution in [0.1, 0.15) is 32.6 Å². The van der Waals surface area contributed by atoms with Crippen LogP contribution in [0.25, 0.3) is 11.2 Å². The molecule has 0 radical (unpaired) electrons. The summed E-state index contributed by atoms with van der Waals surface area (Å²) in [6.45, 7) is 6.25. The van der Waals surface area contributed by atoms with Crippen molar-refractivity contribution in [1.29, 1.82) is 0 Å². The highest BCUT2D eigenvalue weighted by Crippen LogP contribution is 2.06. The highest BCUT2D eigenvalue weighted by Gasteiger charge is 2.15. The van der Waals surface area contributed by atoms with Crippen LogP contribution < -0.4 is 11.2 Å². The van der Waals surface area contributed by atoms with Gasteiger partial charge in [0, 0.05) is 33.0 Å². The summed E-state index contributed by atoms with van der Waals surface area (Å²) in [4.78, 5) is 40.4. The molecule has 0 saturated carbocycles. The summed E-state index contributed by atoms with van der Waals surface area (Å²) >= 11 is 0. The van der Waals surface area contributed by atoms with E-state index in [1.807, 2.05) is 6.92 Å². The van der Waals surface area contributed by atoms with Crippen molar-refractivity contribution in [1.82, 2.24) is 18.7 Å². The second-order valence-corrected chi connectivity index (χ2v) is 5.51. The van der Waals surface area contributed by atoms with Crippen LogP contribution in [0.5, 0.6) is 0 Å². The second kappa shape index (κ2) is 7.21. The first kappa shape index (κ1) is 16.9. The van der Waals surface area contributed by atoms with E-state index in [1.165, 1.54) is 15.5 Å². The van der Waals surface area contributed by atoms with Gasteiger partial charge in [-0.3, -0.25) is 18.7 Å². The lowest BCUT2D eigenvalue weighted by Crippen LogP contribution is -2.39. The number of hydrogen-bond donors (Lipinski definition) is 0. The summed E-state index contributed by atoms with van der Waals surface area (Å²) in [6.07, 6.45) is 5.51. The van der Waals surface area contributed by atoms with Crippen LogP contribution in [-0.4, -0.2) is 24.5 Å². The Hall–Kier alpha value is -2.44. The van der Waals surface area contributed by atoms with Gasteiger partial charge in [-0.15, -0.1) is 6.58 Å². The molecule has 0 atom stereocenters. The summed E-state index contributed by atoms with van der Waals surface area (Å²) in [5, 5.41) is 0. The smallest absolute Gasteiger partial charge is 0.321 e. The molecule has 0 fully saturated rings. The Balaban J connectivity index is 2.34. The minimum Gasteiger partial charge on any atom is -0.321 e. The van der Waals surface area contributed by atoms with Gasteiger partial charge in [0.15, 0.2) is 11.2 Å². The van der Waals surface area contributed by atoms with Crippen molar-refractivity contribution in [3.63, 3.8) is 0 Å². The molecular weight excluding hydrogens is 296 g/mol. The number of fused-ring (bicyclic) bond motifs is 1. The number of nitrogens with zero attached hydrogens (tertiary/aromatic N) is 4. The van der Waals surface area contributed by atoms with Crippen LogP contribution >= 0.6 is 0 Å². The van der Waals surface area contributed by atoms with Gasteiger partial charge in [-0.25, -0.2) is 9.78 Å². The number of unbranched alkanes of at least 4 members (excludes halogenated alkanes) is 1. The molecule has 0 aliphatic rings. The molecule has 0 aliphatic heterocycles. The topological polar surface area (TPSA) is 78.9 Å². The average Bonchev–Trinajstić information content (AvgIpc) is 2.96. The van der Waals surface area contributed by atoms with E-state index in [4.69, 9.17) is 0 Å². The van der Waals surface area contributed by atoms with Gasteiger partial charge >= 0.3 is 5.69 Å². The van der Waals surface area contributed by atoms with E-state index in [1.54, 1.807) is 17.7 Å². The molecule has 23 heavy (non-hydrogen) atoms. The van der Waals surface area contributed by atoms with Gasteiger partial charge in [0.1, 0.15) is 5.78 Å². The van der Waals surface area contributed by atoms with E-state index in [0.717, 1.165) is 0 Å². The van der Waals surface area contributed by atoms with E-state index < -0.39 is 0 Å². The number of aromatic nitrogens is 4. The van der Waals surface area contributed by atoms with Crippen LogP contribution in [0.3, 0.4) is 0 Å². The van der Waals surface area contributed by atoms with Crippen molar-refractivity contribution in [2.24, 2.45) is 7.05 Å². The summed E-state index contributed by atoms with van der Waals surface area (Å²) < 4.78 is 4.29. The van der Waals surface area contributed by atoms with Gasteiger partial charge in [0.2, 0.25) is 0 Å². The fourth-order valence-electron chi connectivity index (χ4n) is 2.57. The van der Waals surface area contributed by atoms with Gasteiger partial charge in [0.25, 0.3) is 5.56 Å². The van der Waals surface area contributed by atoms with Crippen LogP contribution in [0, 0.1) is 0 Å². The lowest BCUT2D eigenvalue weighted by molar-refractivity contribution is -0.118. The van der Waals surface area contributed by atoms with Crippen LogP contribution in [0.4, 0.5) is 0 Å². The lowest BCUT2D eigenvalue weighted by Gasteiger charge is -2.09. The SMILES string of the molecule is C=CCn1cnc2c1c(=O)n(CCCCC(=O)CC)c(=O)n2C. The Morgan fingerprint density at radius 1 is 1.35 bits per heavy atom. The van der Waals surface area contributed by atoms with Crippen molar-refractivity contribution in [2.45, 2.75) is 45.7 Å². The summed E-state index contributed by atoms with van der Waals surface area (Å²) in [7, 11) is 1.60. The number of aryl methyl sites for hydroxylation is 1. The van der Waals surface area contributed by atoms with Crippen molar-refractivity contribution in [3.8, 4) is 0 Å². The van der Waals surface area contributed by atoms with Crippen LogP contribution in [-0.2, 0) is 24.9 Å². The number of imidazole rings is 1. The van der Waals surface area contributed by atoms with E-state index >= 15 is 0 Å².